The summed E-state index contributed by atoms with van der Waals surface area (Å²) in [6.45, 7) is 11.5. The second kappa shape index (κ2) is 6.66. The second-order valence-corrected chi connectivity index (χ2v) is 6.55. The molecular formula is C14H24N2OS. The predicted molar refractivity (Wildman–Crippen MR) is 77.0 cm³/mol. The first-order chi connectivity index (χ1) is 8.65. The maximum absolute atomic E-state index is 5.47. The second-order valence-electron chi connectivity index (χ2n) is 5.30. The average Bonchev–Trinajstić information content (AvgIpc) is 2.77. The van der Waals surface area contributed by atoms with Gasteiger partial charge in [0, 0.05) is 41.5 Å². The number of hydrogen-bond acceptors (Lipinski definition) is 4. The molecule has 2 rings (SSSR count). The van der Waals surface area contributed by atoms with Crippen molar-refractivity contribution < 1.29 is 4.74 Å². The zero-order valence-corrected chi connectivity index (χ0v) is 12.4. The number of nitrogens with one attached hydrogen (secondary N) is 1. The van der Waals surface area contributed by atoms with Gasteiger partial charge < -0.3 is 10.1 Å². The lowest BCUT2D eigenvalue weighted by molar-refractivity contribution is -0.00391. The molecule has 1 aromatic heterocycles. The molecule has 1 aliphatic heterocycles. The van der Waals surface area contributed by atoms with Gasteiger partial charge in [-0.15, -0.1) is 11.3 Å². The first kappa shape index (κ1) is 14.0. The summed E-state index contributed by atoms with van der Waals surface area (Å²) in [6, 6.07) is 5.61. The Labute approximate surface area is 114 Å². The van der Waals surface area contributed by atoms with Crippen LogP contribution in [0.5, 0.6) is 0 Å². The summed E-state index contributed by atoms with van der Waals surface area (Å²) in [4.78, 5) is 5.40. The Hall–Kier alpha value is -0.420. The van der Waals surface area contributed by atoms with Gasteiger partial charge >= 0.3 is 0 Å². The third kappa shape index (κ3) is 4.05. The number of rotatable bonds is 5. The molecule has 0 aromatic carbocycles. The highest BCUT2D eigenvalue weighted by Gasteiger charge is 2.19. The van der Waals surface area contributed by atoms with E-state index in [9.17, 15) is 0 Å². The van der Waals surface area contributed by atoms with Gasteiger partial charge in [-0.25, -0.2) is 0 Å². The van der Waals surface area contributed by atoms with Crippen molar-refractivity contribution in [2.45, 2.75) is 45.9 Å². The van der Waals surface area contributed by atoms with Crippen molar-refractivity contribution >= 4 is 11.3 Å². The van der Waals surface area contributed by atoms with E-state index in [1.54, 1.807) is 0 Å². The number of hydrogen-bond donors (Lipinski definition) is 1. The van der Waals surface area contributed by atoms with Crippen molar-refractivity contribution in [2.75, 3.05) is 19.8 Å². The van der Waals surface area contributed by atoms with Crippen LogP contribution in [0.4, 0.5) is 0 Å². The van der Waals surface area contributed by atoms with Crippen LogP contribution in [-0.2, 0) is 17.8 Å². The summed E-state index contributed by atoms with van der Waals surface area (Å²) in [5.74, 6) is 0. The van der Waals surface area contributed by atoms with Crippen molar-refractivity contribution in [2.24, 2.45) is 0 Å². The Morgan fingerprint density at radius 1 is 1.44 bits per heavy atom. The molecule has 18 heavy (non-hydrogen) atoms. The van der Waals surface area contributed by atoms with Crippen LogP contribution in [0.1, 0.15) is 30.5 Å². The van der Waals surface area contributed by atoms with Crippen LogP contribution < -0.4 is 5.32 Å². The van der Waals surface area contributed by atoms with E-state index in [1.165, 1.54) is 9.75 Å². The Morgan fingerprint density at radius 3 is 2.94 bits per heavy atom. The zero-order chi connectivity index (χ0) is 13.0. The molecule has 102 valence electrons. The number of morpholine rings is 1. The number of nitrogens with zero attached hydrogens (tertiary/aromatic N) is 1. The van der Waals surface area contributed by atoms with Gasteiger partial charge in [-0.1, -0.05) is 13.8 Å². The molecule has 1 unspecified atom stereocenters. The van der Waals surface area contributed by atoms with Gasteiger partial charge in [-0.05, 0) is 19.1 Å². The van der Waals surface area contributed by atoms with Gasteiger partial charge in [-0.3, -0.25) is 4.90 Å². The van der Waals surface area contributed by atoms with Crippen molar-refractivity contribution in [3.05, 3.63) is 21.9 Å². The predicted octanol–water partition coefficient (Wildman–Crippen LogP) is 2.47. The van der Waals surface area contributed by atoms with Crippen molar-refractivity contribution in [1.29, 1.82) is 0 Å². The first-order valence-corrected chi connectivity index (χ1v) is 7.59. The fourth-order valence-electron chi connectivity index (χ4n) is 2.10. The maximum Gasteiger partial charge on any atom is 0.0619 e. The molecule has 4 heteroatoms. The van der Waals surface area contributed by atoms with E-state index in [4.69, 9.17) is 4.74 Å². The third-order valence-corrected chi connectivity index (χ3v) is 4.34. The van der Waals surface area contributed by atoms with Crippen LogP contribution >= 0.6 is 11.3 Å². The van der Waals surface area contributed by atoms with Crippen LogP contribution in [0.3, 0.4) is 0 Å². The molecule has 0 amide bonds. The number of ether oxygens (including phenoxy) is 1. The van der Waals surface area contributed by atoms with Gasteiger partial charge in [0.25, 0.3) is 0 Å². The molecule has 1 aliphatic rings. The van der Waals surface area contributed by atoms with E-state index in [0.29, 0.717) is 12.1 Å². The van der Waals surface area contributed by atoms with Gasteiger partial charge in [0.1, 0.15) is 0 Å². The summed E-state index contributed by atoms with van der Waals surface area (Å²) >= 11 is 1.93. The Balaban J connectivity index is 1.85. The van der Waals surface area contributed by atoms with E-state index < -0.39 is 0 Å². The zero-order valence-electron chi connectivity index (χ0n) is 11.6. The van der Waals surface area contributed by atoms with E-state index in [2.05, 4.69) is 43.1 Å². The van der Waals surface area contributed by atoms with Crippen LogP contribution in [0, 0.1) is 0 Å². The molecule has 1 saturated heterocycles. The molecule has 2 heterocycles. The van der Waals surface area contributed by atoms with E-state index >= 15 is 0 Å². The molecule has 0 saturated carbocycles. The lowest BCUT2D eigenvalue weighted by atomic mass is 10.2. The van der Waals surface area contributed by atoms with E-state index in [0.717, 1.165) is 32.8 Å². The van der Waals surface area contributed by atoms with Crippen LogP contribution in [0.15, 0.2) is 12.1 Å². The molecule has 1 fully saturated rings. The van der Waals surface area contributed by atoms with Gasteiger partial charge in [0.05, 0.1) is 13.2 Å². The van der Waals surface area contributed by atoms with Gasteiger partial charge in [-0.2, -0.15) is 0 Å². The van der Waals surface area contributed by atoms with Gasteiger partial charge in [0.2, 0.25) is 0 Å². The minimum absolute atomic E-state index is 0.540. The number of thiophene rings is 1. The van der Waals surface area contributed by atoms with E-state index in [-0.39, 0.29) is 0 Å². The Kier molecular flexibility index (Phi) is 5.18. The average molecular weight is 268 g/mol. The Morgan fingerprint density at radius 2 is 2.22 bits per heavy atom. The smallest absolute Gasteiger partial charge is 0.0619 e. The highest BCUT2D eigenvalue weighted by atomic mass is 32.1. The monoisotopic (exact) mass is 268 g/mol. The molecule has 0 bridgehead atoms. The molecule has 0 aliphatic carbocycles. The highest BCUT2D eigenvalue weighted by molar-refractivity contribution is 7.11. The molecule has 1 aromatic rings. The minimum atomic E-state index is 0.540. The Bertz CT molecular complexity index is 364. The fraction of sp³-hybridized carbons (Fsp3) is 0.714. The summed E-state index contributed by atoms with van der Waals surface area (Å²) in [5, 5.41) is 3.46. The molecule has 0 spiro atoms. The fourth-order valence-corrected chi connectivity index (χ4v) is 3.10. The topological polar surface area (TPSA) is 24.5 Å². The van der Waals surface area contributed by atoms with Crippen molar-refractivity contribution in [3.8, 4) is 0 Å². The SMILES string of the molecule is CC(C)NCc1ccc(CN2CCOCC2C)s1. The van der Waals surface area contributed by atoms with Gasteiger partial charge in [0.15, 0.2) is 0 Å². The standard InChI is InChI=1S/C14H24N2OS/c1-11(2)15-8-13-4-5-14(18-13)9-16-6-7-17-10-12(16)3/h4-5,11-12,15H,6-10H2,1-3H3. The molecule has 3 nitrogen and oxygen atoms in total. The van der Waals surface area contributed by atoms with Crippen LogP contribution in [0.2, 0.25) is 0 Å². The largest absolute Gasteiger partial charge is 0.379 e. The normalized spacial score (nSPS) is 21.7. The molecular weight excluding hydrogens is 244 g/mol. The van der Waals surface area contributed by atoms with Crippen LogP contribution in [-0.4, -0.2) is 36.7 Å². The van der Waals surface area contributed by atoms with E-state index in [1.807, 2.05) is 11.3 Å². The third-order valence-electron chi connectivity index (χ3n) is 3.27. The first-order valence-electron chi connectivity index (χ1n) is 6.78. The quantitative estimate of drug-likeness (QED) is 0.888. The molecule has 0 radical (unpaired) electrons. The van der Waals surface area contributed by atoms with Crippen LogP contribution in [0.25, 0.3) is 0 Å². The summed E-state index contributed by atoms with van der Waals surface area (Å²) in [5.41, 5.74) is 0. The van der Waals surface area contributed by atoms with Crippen molar-refractivity contribution in [1.82, 2.24) is 10.2 Å². The summed E-state index contributed by atoms with van der Waals surface area (Å²) < 4.78 is 5.47. The highest BCUT2D eigenvalue weighted by Crippen LogP contribution is 2.20. The lowest BCUT2D eigenvalue weighted by Gasteiger charge is -2.32. The maximum atomic E-state index is 5.47. The summed E-state index contributed by atoms with van der Waals surface area (Å²) in [6.07, 6.45) is 0. The van der Waals surface area contributed by atoms with Crippen molar-refractivity contribution in [3.63, 3.8) is 0 Å². The molecule has 1 atom stereocenters. The molecule has 1 N–H and O–H groups in total. The lowest BCUT2D eigenvalue weighted by Crippen LogP contribution is -2.42. The minimum Gasteiger partial charge on any atom is -0.379 e. The summed E-state index contributed by atoms with van der Waals surface area (Å²) in [7, 11) is 0.